The lowest BCUT2D eigenvalue weighted by molar-refractivity contribution is -0.769. The summed E-state index contributed by atoms with van der Waals surface area (Å²) in [7, 11) is 0. The number of rotatable bonds is 4. The van der Waals surface area contributed by atoms with Crippen molar-refractivity contribution in [2.75, 3.05) is 13.2 Å². The summed E-state index contributed by atoms with van der Waals surface area (Å²) in [6, 6.07) is 0. The molecular weight excluding hydrogens is 214 g/mol. The van der Waals surface area contributed by atoms with E-state index in [1.807, 2.05) is 0 Å². The van der Waals surface area contributed by atoms with Gasteiger partial charge < -0.3 is 14.3 Å². The second-order valence-electron chi connectivity index (χ2n) is 4.85. The molecule has 0 aromatic carbocycles. The third kappa shape index (κ3) is 2.27. The summed E-state index contributed by atoms with van der Waals surface area (Å²) in [5, 5.41) is 9.51. The SMILES string of the molecule is CC(C)C[C@H]1CO[C@H]2[C@H]1OC[C@H]2O[N+](=O)[O-]. The van der Waals surface area contributed by atoms with E-state index in [0.29, 0.717) is 18.4 Å². The Morgan fingerprint density at radius 2 is 2.06 bits per heavy atom. The van der Waals surface area contributed by atoms with Gasteiger partial charge in [0.15, 0.2) is 6.10 Å². The van der Waals surface area contributed by atoms with Crippen molar-refractivity contribution in [1.29, 1.82) is 0 Å². The molecule has 6 heteroatoms. The first-order chi connectivity index (χ1) is 7.58. The van der Waals surface area contributed by atoms with E-state index in [1.54, 1.807) is 0 Å². The lowest BCUT2D eigenvalue weighted by atomic mass is 9.92. The molecule has 0 aliphatic carbocycles. The van der Waals surface area contributed by atoms with E-state index in [1.165, 1.54) is 0 Å². The fourth-order valence-corrected chi connectivity index (χ4v) is 2.55. The van der Waals surface area contributed by atoms with Crippen LogP contribution in [-0.4, -0.2) is 36.6 Å². The van der Waals surface area contributed by atoms with Gasteiger partial charge in [0.05, 0.1) is 19.3 Å². The van der Waals surface area contributed by atoms with E-state index in [4.69, 9.17) is 9.47 Å². The molecule has 0 aromatic rings. The van der Waals surface area contributed by atoms with Crippen molar-refractivity contribution in [2.24, 2.45) is 11.8 Å². The Bertz CT molecular complexity index is 270. The Morgan fingerprint density at radius 3 is 2.69 bits per heavy atom. The minimum Gasteiger partial charge on any atom is -0.373 e. The molecule has 2 saturated heterocycles. The summed E-state index contributed by atoms with van der Waals surface area (Å²) in [4.78, 5) is 14.8. The molecule has 92 valence electrons. The van der Waals surface area contributed by atoms with Gasteiger partial charge >= 0.3 is 0 Å². The lowest BCUT2D eigenvalue weighted by Gasteiger charge is -2.17. The van der Waals surface area contributed by atoms with Gasteiger partial charge in [0, 0.05) is 5.92 Å². The van der Waals surface area contributed by atoms with Gasteiger partial charge in [0.25, 0.3) is 5.09 Å². The van der Waals surface area contributed by atoms with Crippen LogP contribution < -0.4 is 0 Å². The molecule has 0 N–H and O–H groups in total. The molecule has 2 fully saturated rings. The van der Waals surface area contributed by atoms with Gasteiger partial charge in [-0.25, -0.2) is 0 Å². The van der Waals surface area contributed by atoms with Crippen LogP contribution in [0.15, 0.2) is 0 Å². The average molecular weight is 231 g/mol. The van der Waals surface area contributed by atoms with E-state index < -0.39 is 11.2 Å². The third-order valence-corrected chi connectivity index (χ3v) is 3.11. The smallest absolute Gasteiger partial charge is 0.294 e. The van der Waals surface area contributed by atoms with Crippen molar-refractivity contribution in [1.82, 2.24) is 0 Å². The Hall–Kier alpha value is -0.880. The van der Waals surface area contributed by atoms with Gasteiger partial charge in [-0.2, -0.15) is 0 Å². The molecule has 6 nitrogen and oxygen atoms in total. The van der Waals surface area contributed by atoms with Crippen LogP contribution in [0, 0.1) is 22.0 Å². The minimum atomic E-state index is -0.768. The van der Waals surface area contributed by atoms with Crippen LogP contribution in [0.4, 0.5) is 0 Å². The topological polar surface area (TPSA) is 70.8 Å². The summed E-state index contributed by atoms with van der Waals surface area (Å²) < 4.78 is 11.1. The van der Waals surface area contributed by atoms with Crippen LogP contribution >= 0.6 is 0 Å². The predicted molar refractivity (Wildman–Crippen MR) is 54.3 cm³/mol. The molecule has 0 amide bonds. The highest BCUT2D eigenvalue weighted by molar-refractivity contribution is 4.94. The summed E-state index contributed by atoms with van der Waals surface area (Å²) in [5.41, 5.74) is 0. The zero-order valence-electron chi connectivity index (χ0n) is 9.50. The highest BCUT2D eigenvalue weighted by Gasteiger charge is 2.49. The molecular formula is C10H17NO5. The van der Waals surface area contributed by atoms with E-state index in [0.717, 1.165) is 6.42 Å². The Balaban J connectivity index is 1.92. The standard InChI is InChI=1S/C10H17NO5/c1-6(2)3-7-4-14-10-8(16-11(12)13)5-15-9(7)10/h6-10H,3-5H2,1-2H3/t7-,8+,9-,10+/m0/s1. The monoisotopic (exact) mass is 231 g/mol. The quantitative estimate of drug-likeness (QED) is 0.533. The highest BCUT2D eigenvalue weighted by atomic mass is 17.0. The zero-order valence-corrected chi connectivity index (χ0v) is 9.50. The maximum absolute atomic E-state index is 10.3. The summed E-state index contributed by atoms with van der Waals surface area (Å²) in [6.07, 6.45) is 0.158. The Morgan fingerprint density at radius 1 is 1.38 bits per heavy atom. The molecule has 0 radical (unpaired) electrons. The predicted octanol–water partition coefficient (Wildman–Crippen LogP) is 1.02. The largest absolute Gasteiger partial charge is 0.373 e. The molecule has 16 heavy (non-hydrogen) atoms. The van der Waals surface area contributed by atoms with E-state index in [9.17, 15) is 10.1 Å². The van der Waals surface area contributed by atoms with Crippen LogP contribution in [-0.2, 0) is 14.3 Å². The number of hydrogen-bond donors (Lipinski definition) is 0. The van der Waals surface area contributed by atoms with Crippen molar-refractivity contribution in [3.63, 3.8) is 0 Å². The molecule has 0 aromatic heterocycles. The van der Waals surface area contributed by atoms with Gasteiger partial charge in [0.1, 0.15) is 6.10 Å². The van der Waals surface area contributed by atoms with Crippen molar-refractivity contribution in [3.05, 3.63) is 10.1 Å². The molecule has 0 unspecified atom stereocenters. The van der Waals surface area contributed by atoms with Crippen molar-refractivity contribution >= 4 is 0 Å². The molecule has 0 spiro atoms. The van der Waals surface area contributed by atoms with Crippen LogP contribution in [0.5, 0.6) is 0 Å². The molecule has 0 bridgehead atoms. The van der Waals surface area contributed by atoms with Crippen molar-refractivity contribution in [3.8, 4) is 0 Å². The first-order valence-corrected chi connectivity index (χ1v) is 5.62. The first kappa shape index (κ1) is 11.6. The second-order valence-corrected chi connectivity index (χ2v) is 4.85. The van der Waals surface area contributed by atoms with Crippen molar-refractivity contribution in [2.45, 2.75) is 38.6 Å². The average Bonchev–Trinajstić information content (AvgIpc) is 2.70. The highest BCUT2D eigenvalue weighted by Crippen LogP contribution is 2.35. The summed E-state index contributed by atoms with van der Waals surface area (Å²) in [5.74, 6) is 0.914. The molecule has 0 saturated carbocycles. The second kappa shape index (κ2) is 4.55. The zero-order chi connectivity index (χ0) is 11.7. The van der Waals surface area contributed by atoms with Crippen LogP contribution in [0.1, 0.15) is 20.3 Å². The van der Waals surface area contributed by atoms with Crippen molar-refractivity contribution < 1.29 is 19.4 Å². The minimum absolute atomic E-state index is 0.0349. The number of hydrogen-bond acceptors (Lipinski definition) is 5. The molecule has 2 aliphatic rings. The fraction of sp³-hybridized carbons (Fsp3) is 1.00. The van der Waals surface area contributed by atoms with Crippen LogP contribution in [0.2, 0.25) is 0 Å². The first-order valence-electron chi connectivity index (χ1n) is 5.62. The number of fused-ring (bicyclic) bond motifs is 1. The maximum Gasteiger partial charge on any atom is 0.294 e. The lowest BCUT2D eigenvalue weighted by Crippen LogP contribution is -2.33. The van der Waals surface area contributed by atoms with Gasteiger partial charge in [-0.1, -0.05) is 13.8 Å². The van der Waals surface area contributed by atoms with E-state index in [-0.39, 0.29) is 18.8 Å². The van der Waals surface area contributed by atoms with Gasteiger partial charge in [-0.15, -0.1) is 10.1 Å². The Kier molecular flexibility index (Phi) is 3.30. The normalized spacial score (nSPS) is 37.7. The van der Waals surface area contributed by atoms with Gasteiger partial charge in [-0.3, -0.25) is 0 Å². The fourth-order valence-electron chi connectivity index (χ4n) is 2.55. The summed E-state index contributed by atoms with van der Waals surface area (Å²) >= 11 is 0. The van der Waals surface area contributed by atoms with E-state index >= 15 is 0 Å². The molecule has 2 aliphatic heterocycles. The Labute approximate surface area is 94.0 Å². The number of ether oxygens (including phenoxy) is 2. The summed E-state index contributed by atoms with van der Waals surface area (Å²) in [6.45, 7) is 5.16. The van der Waals surface area contributed by atoms with Gasteiger partial charge in [0.2, 0.25) is 0 Å². The van der Waals surface area contributed by atoms with E-state index in [2.05, 4.69) is 18.7 Å². The molecule has 4 atom stereocenters. The van der Waals surface area contributed by atoms with Gasteiger partial charge in [-0.05, 0) is 12.3 Å². The maximum atomic E-state index is 10.3. The van der Waals surface area contributed by atoms with Crippen LogP contribution in [0.3, 0.4) is 0 Å². The third-order valence-electron chi connectivity index (χ3n) is 3.11. The van der Waals surface area contributed by atoms with Crippen LogP contribution in [0.25, 0.3) is 0 Å². The molecule has 2 rings (SSSR count). The molecule has 2 heterocycles. The number of nitrogens with zero attached hydrogens (tertiary/aromatic N) is 1.